The first-order chi connectivity index (χ1) is 10.0. The zero-order chi connectivity index (χ0) is 15.4. The maximum Gasteiger partial charge on any atom is 0.308 e. The average molecular weight is 291 g/mol. The van der Waals surface area contributed by atoms with E-state index in [4.69, 9.17) is 4.74 Å². The highest BCUT2D eigenvalue weighted by atomic mass is 16.5. The molecule has 2 rings (SSSR count). The molecule has 0 unspecified atom stereocenters. The lowest BCUT2D eigenvalue weighted by Crippen LogP contribution is -2.49. The molecule has 0 bridgehead atoms. The van der Waals surface area contributed by atoms with Gasteiger partial charge in [0.15, 0.2) is 0 Å². The van der Waals surface area contributed by atoms with E-state index in [1.54, 1.807) is 12.0 Å². The van der Waals surface area contributed by atoms with Crippen LogP contribution >= 0.6 is 0 Å². The van der Waals surface area contributed by atoms with E-state index in [1.807, 2.05) is 31.2 Å². The van der Waals surface area contributed by atoms with E-state index in [0.717, 1.165) is 12.0 Å². The quantitative estimate of drug-likeness (QED) is 0.920. The first-order valence-electron chi connectivity index (χ1n) is 7.18. The van der Waals surface area contributed by atoms with Crippen LogP contribution in [0.15, 0.2) is 24.3 Å². The van der Waals surface area contributed by atoms with Gasteiger partial charge in [-0.1, -0.05) is 18.2 Å². The van der Waals surface area contributed by atoms with E-state index in [1.165, 1.54) is 0 Å². The van der Waals surface area contributed by atoms with Crippen molar-refractivity contribution in [1.82, 2.24) is 4.90 Å². The average Bonchev–Trinajstić information content (AvgIpc) is 2.47. The summed E-state index contributed by atoms with van der Waals surface area (Å²) >= 11 is 0. The number of para-hydroxylation sites is 1. The van der Waals surface area contributed by atoms with Crippen LogP contribution < -0.4 is 4.74 Å². The maximum atomic E-state index is 12.5. The SMILES string of the molecule is COc1ccccc1CC(=O)N1CCC[C@H](C(=O)O)[C@@H]1C. The van der Waals surface area contributed by atoms with Crippen molar-refractivity contribution >= 4 is 11.9 Å². The minimum absolute atomic E-state index is 0.0436. The van der Waals surface area contributed by atoms with Crippen LogP contribution in [-0.2, 0) is 16.0 Å². The summed E-state index contributed by atoms with van der Waals surface area (Å²) in [6, 6.07) is 7.14. The van der Waals surface area contributed by atoms with E-state index >= 15 is 0 Å². The molecule has 1 fully saturated rings. The second-order valence-electron chi connectivity index (χ2n) is 5.40. The number of carboxylic acids is 1. The van der Waals surface area contributed by atoms with Gasteiger partial charge < -0.3 is 14.7 Å². The summed E-state index contributed by atoms with van der Waals surface area (Å²) in [5.74, 6) is -0.652. The van der Waals surface area contributed by atoms with Gasteiger partial charge in [0.25, 0.3) is 0 Å². The highest BCUT2D eigenvalue weighted by Crippen LogP contribution is 2.26. The molecule has 1 aromatic rings. The number of ether oxygens (including phenoxy) is 1. The van der Waals surface area contributed by atoms with E-state index in [9.17, 15) is 14.7 Å². The number of hydrogen-bond acceptors (Lipinski definition) is 3. The first-order valence-corrected chi connectivity index (χ1v) is 7.18. The van der Waals surface area contributed by atoms with Gasteiger partial charge in [0.1, 0.15) is 5.75 Å². The van der Waals surface area contributed by atoms with E-state index in [2.05, 4.69) is 0 Å². The fraction of sp³-hybridized carbons (Fsp3) is 0.500. The van der Waals surface area contributed by atoms with Crippen LogP contribution in [-0.4, -0.2) is 41.6 Å². The summed E-state index contributed by atoms with van der Waals surface area (Å²) in [7, 11) is 1.58. The van der Waals surface area contributed by atoms with Gasteiger partial charge in [0.2, 0.25) is 5.91 Å². The van der Waals surface area contributed by atoms with Crippen molar-refractivity contribution < 1.29 is 19.4 Å². The summed E-state index contributed by atoms with van der Waals surface area (Å²) in [4.78, 5) is 25.4. The van der Waals surface area contributed by atoms with Crippen LogP contribution in [0.25, 0.3) is 0 Å². The third-order valence-corrected chi connectivity index (χ3v) is 4.16. The number of benzene rings is 1. The van der Waals surface area contributed by atoms with Crippen molar-refractivity contribution in [3.05, 3.63) is 29.8 Å². The number of methoxy groups -OCH3 is 1. The number of hydrogen-bond donors (Lipinski definition) is 1. The van der Waals surface area contributed by atoms with Crippen molar-refractivity contribution in [2.45, 2.75) is 32.2 Å². The van der Waals surface area contributed by atoms with E-state index in [0.29, 0.717) is 18.7 Å². The lowest BCUT2D eigenvalue weighted by molar-refractivity contribution is -0.148. The number of nitrogens with zero attached hydrogens (tertiary/aromatic N) is 1. The Hall–Kier alpha value is -2.04. The Balaban J connectivity index is 2.10. The lowest BCUT2D eigenvalue weighted by Gasteiger charge is -2.37. The molecule has 1 heterocycles. The Morgan fingerprint density at radius 1 is 1.38 bits per heavy atom. The number of aliphatic carboxylic acids is 1. The second-order valence-corrected chi connectivity index (χ2v) is 5.40. The van der Waals surface area contributed by atoms with Gasteiger partial charge in [-0.3, -0.25) is 9.59 Å². The molecular formula is C16H21NO4. The van der Waals surface area contributed by atoms with Crippen LogP contribution in [0.1, 0.15) is 25.3 Å². The van der Waals surface area contributed by atoms with E-state index < -0.39 is 11.9 Å². The predicted molar refractivity (Wildman–Crippen MR) is 78.2 cm³/mol. The summed E-state index contributed by atoms with van der Waals surface area (Å²) in [5.41, 5.74) is 0.828. The molecule has 1 amide bonds. The largest absolute Gasteiger partial charge is 0.496 e. The third-order valence-electron chi connectivity index (χ3n) is 4.16. The molecule has 114 valence electrons. The third kappa shape index (κ3) is 3.35. The van der Waals surface area contributed by atoms with Gasteiger partial charge >= 0.3 is 5.97 Å². The Morgan fingerprint density at radius 2 is 2.10 bits per heavy atom. The highest BCUT2D eigenvalue weighted by molar-refractivity contribution is 5.81. The minimum Gasteiger partial charge on any atom is -0.496 e. The summed E-state index contributed by atoms with van der Waals surface area (Å²) in [6.07, 6.45) is 1.61. The molecule has 0 radical (unpaired) electrons. The monoisotopic (exact) mass is 291 g/mol. The van der Waals surface area contributed by atoms with Gasteiger partial charge in [-0.25, -0.2) is 0 Å². The van der Waals surface area contributed by atoms with Crippen LogP contribution in [0, 0.1) is 5.92 Å². The minimum atomic E-state index is -0.822. The fourth-order valence-corrected chi connectivity index (χ4v) is 2.94. The van der Waals surface area contributed by atoms with Gasteiger partial charge in [0, 0.05) is 18.2 Å². The summed E-state index contributed by atoms with van der Waals surface area (Å²) in [5, 5.41) is 9.22. The molecule has 1 saturated heterocycles. The molecule has 1 aliphatic heterocycles. The van der Waals surface area contributed by atoms with Crippen LogP contribution in [0.3, 0.4) is 0 Å². The molecule has 0 spiro atoms. The Morgan fingerprint density at radius 3 is 2.76 bits per heavy atom. The highest BCUT2D eigenvalue weighted by Gasteiger charge is 2.35. The fourth-order valence-electron chi connectivity index (χ4n) is 2.94. The predicted octanol–water partition coefficient (Wildman–Crippen LogP) is 1.95. The summed E-state index contributed by atoms with van der Waals surface area (Å²) in [6.45, 7) is 2.44. The Kier molecular flexibility index (Phi) is 4.83. The van der Waals surface area contributed by atoms with Crippen molar-refractivity contribution in [3.63, 3.8) is 0 Å². The Labute approximate surface area is 124 Å². The number of carbonyl (C=O) groups excluding carboxylic acids is 1. The normalized spacial score (nSPS) is 21.9. The van der Waals surface area contributed by atoms with Gasteiger partial charge in [-0.15, -0.1) is 0 Å². The van der Waals surface area contributed by atoms with Crippen molar-refractivity contribution in [2.75, 3.05) is 13.7 Å². The zero-order valence-electron chi connectivity index (χ0n) is 12.4. The first kappa shape index (κ1) is 15.4. The van der Waals surface area contributed by atoms with Gasteiger partial charge in [-0.2, -0.15) is 0 Å². The maximum absolute atomic E-state index is 12.5. The number of likely N-dealkylation sites (tertiary alicyclic amines) is 1. The lowest BCUT2D eigenvalue weighted by atomic mass is 9.90. The summed E-state index contributed by atoms with van der Waals surface area (Å²) < 4.78 is 5.25. The standard InChI is InChI=1S/C16H21NO4/c1-11-13(16(19)20)7-5-9-17(11)15(18)10-12-6-3-4-8-14(12)21-2/h3-4,6,8,11,13H,5,7,9-10H2,1-2H3,(H,19,20)/t11-,13-/m0/s1. The van der Waals surface area contributed by atoms with Gasteiger partial charge in [0.05, 0.1) is 19.4 Å². The molecule has 1 N–H and O–H groups in total. The van der Waals surface area contributed by atoms with Crippen LogP contribution in [0.4, 0.5) is 0 Å². The number of carbonyl (C=O) groups is 2. The molecule has 0 saturated carbocycles. The molecule has 0 aliphatic carbocycles. The molecule has 0 aromatic heterocycles. The van der Waals surface area contributed by atoms with Gasteiger partial charge in [-0.05, 0) is 25.8 Å². The molecule has 1 aliphatic rings. The zero-order valence-corrected chi connectivity index (χ0v) is 12.4. The van der Waals surface area contributed by atoms with Crippen molar-refractivity contribution in [3.8, 4) is 5.75 Å². The second kappa shape index (κ2) is 6.61. The molecule has 21 heavy (non-hydrogen) atoms. The molecule has 5 heteroatoms. The molecule has 1 aromatic carbocycles. The van der Waals surface area contributed by atoms with Crippen LogP contribution in [0.2, 0.25) is 0 Å². The molecular weight excluding hydrogens is 270 g/mol. The number of rotatable bonds is 4. The molecule has 2 atom stereocenters. The molecule has 5 nitrogen and oxygen atoms in total. The topological polar surface area (TPSA) is 66.8 Å². The number of carboxylic acid groups (broad SMARTS) is 1. The number of piperidine rings is 1. The Bertz CT molecular complexity index is 529. The van der Waals surface area contributed by atoms with E-state index in [-0.39, 0.29) is 18.4 Å². The van der Waals surface area contributed by atoms with Crippen molar-refractivity contribution in [1.29, 1.82) is 0 Å². The van der Waals surface area contributed by atoms with Crippen molar-refractivity contribution in [2.24, 2.45) is 5.92 Å². The number of amides is 1. The smallest absolute Gasteiger partial charge is 0.308 e. The van der Waals surface area contributed by atoms with Crippen LogP contribution in [0.5, 0.6) is 5.75 Å².